The first kappa shape index (κ1) is 15.9. The number of aryl methyl sites for hydroxylation is 1. The summed E-state index contributed by atoms with van der Waals surface area (Å²) in [6.07, 6.45) is 0.975. The lowest BCUT2D eigenvalue weighted by atomic mass is 10.0. The van der Waals surface area contributed by atoms with E-state index in [-0.39, 0.29) is 6.04 Å². The first-order valence-electron chi connectivity index (χ1n) is 6.49. The first-order chi connectivity index (χ1) is 9.51. The van der Waals surface area contributed by atoms with E-state index in [0.29, 0.717) is 10.0 Å². The molecule has 0 aliphatic rings. The normalized spacial score (nSPS) is 12.2. The maximum absolute atomic E-state index is 6.10. The fraction of sp³-hybridized carbons (Fsp3) is 0.250. The molecule has 20 heavy (non-hydrogen) atoms. The predicted molar refractivity (Wildman–Crippen MR) is 97.0 cm³/mol. The Kier molecular flexibility index (Phi) is 5.58. The Hall–Kier alpha value is -0.450. The van der Waals surface area contributed by atoms with E-state index in [9.17, 15) is 0 Å². The van der Waals surface area contributed by atoms with Gasteiger partial charge in [-0.2, -0.15) is 0 Å². The molecule has 106 valence electrons. The molecule has 0 saturated carbocycles. The van der Waals surface area contributed by atoms with Gasteiger partial charge in [0.2, 0.25) is 0 Å². The molecule has 2 aromatic carbocycles. The first-order valence-corrected chi connectivity index (χ1v) is 8.32. The van der Waals surface area contributed by atoms with Crippen molar-refractivity contribution >= 4 is 51.5 Å². The van der Waals surface area contributed by atoms with E-state index >= 15 is 0 Å². The van der Waals surface area contributed by atoms with Crippen LogP contribution in [-0.4, -0.2) is 0 Å². The quantitative estimate of drug-likeness (QED) is 0.560. The summed E-state index contributed by atoms with van der Waals surface area (Å²) in [6, 6.07) is 12.4. The molecular formula is C16H16Cl2IN. The third-order valence-corrected chi connectivity index (χ3v) is 5.17. The van der Waals surface area contributed by atoms with Crippen molar-refractivity contribution in [2.75, 3.05) is 5.32 Å². The number of hydrogen-bond acceptors (Lipinski definition) is 1. The number of benzene rings is 2. The fourth-order valence-corrected chi connectivity index (χ4v) is 2.86. The molecule has 2 aromatic rings. The van der Waals surface area contributed by atoms with Crippen LogP contribution >= 0.6 is 45.8 Å². The second kappa shape index (κ2) is 7.01. The standard InChI is InChI=1S/C16H16Cl2IN/c1-3-16(11-5-7-13(17)14(18)8-11)20-12-6-4-10(2)15(19)9-12/h4-9,16,20H,3H2,1-2H3. The summed E-state index contributed by atoms with van der Waals surface area (Å²) in [5, 5.41) is 4.75. The maximum atomic E-state index is 6.10. The van der Waals surface area contributed by atoms with Gasteiger partial charge in [-0.05, 0) is 71.3 Å². The van der Waals surface area contributed by atoms with Crippen LogP contribution in [0, 0.1) is 10.5 Å². The predicted octanol–water partition coefficient (Wildman–Crippen LogP) is 6.47. The van der Waals surface area contributed by atoms with Crippen LogP contribution in [0.25, 0.3) is 0 Å². The molecule has 0 aliphatic heterocycles. The summed E-state index contributed by atoms with van der Waals surface area (Å²) in [5.74, 6) is 0. The van der Waals surface area contributed by atoms with Gasteiger partial charge < -0.3 is 5.32 Å². The van der Waals surface area contributed by atoms with Gasteiger partial charge in [-0.1, -0.05) is 42.3 Å². The van der Waals surface area contributed by atoms with E-state index in [0.717, 1.165) is 17.7 Å². The summed E-state index contributed by atoms with van der Waals surface area (Å²) in [5.41, 5.74) is 3.56. The van der Waals surface area contributed by atoms with E-state index in [2.05, 4.69) is 60.0 Å². The molecular weight excluding hydrogens is 404 g/mol. The average Bonchev–Trinajstić information content (AvgIpc) is 2.43. The van der Waals surface area contributed by atoms with Crippen molar-refractivity contribution in [3.8, 4) is 0 Å². The average molecular weight is 420 g/mol. The second-order valence-electron chi connectivity index (χ2n) is 4.74. The van der Waals surface area contributed by atoms with Gasteiger partial charge in [0.25, 0.3) is 0 Å². The van der Waals surface area contributed by atoms with Gasteiger partial charge in [-0.3, -0.25) is 0 Å². The Labute approximate surface area is 143 Å². The number of rotatable bonds is 4. The lowest BCUT2D eigenvalue weighted by Gasteiger charge is -2.20. The molecule has 0 fully saturated rings. The summed E-state index contributed by atoms with van der Waals surface area (Å²) >= 11 is 14.4. The van der Waals surface area contributed by atoms with Gasteiger partial charge in [0.15, 0.2) is 0 Å². The van der Waals surface area contributed by atoms with Crippen molar-refractivity contribution in [1.29, 1.82) is 0 Å². The zero-order chi connectivity index (χ0) is 14.7. The highest BCUT2D eigenvalue weighted by molar-refractivity contribution is 14.1. The van der Waals surface area contributed by atoms with Crippen molar-refractivity contribution < 1.29 is 0 Å². The van der Waals surface area contributed by atoms with E-state index in [1.54, 1.807) is 0 Å². The molecule has 0 amide bonds. The molecule has 4 heteroatoms. The molecule has 1 atom stereocenters. The Morgan fingerprint density at radius 3 is 2.45 bits per heavy atom. The Morgan fingerprint density at radius 1 is 1.10 bits per heavy atom. The summed E-state index contributed by atoms with van der Waals surface area (Å²) in [6.45, 7) is 4.27. The smallest absolute Gasteiger partial charge is 0.0595 e. The van der Waals surface area contributed by atoms with Crippen LogP contribution in [0.2, 0.25) is 10.0 Å². The van der Waals surface area contributed by atoms with Crippen molar-refractivity contribution in [2.45, 2.75) is 26.3 Å². The van der Waals surface area contributed by atoms with Crippen LogP contribution < -0.4 is 5.32 Å². The van der Waals surface area contributed by atoms with Crippen molar-refractivity contribution in [1.82, 2.24) is 0 Å². The molecule has 0 aromatic heterocycles. The molecule has 1 N–H and O–H groups in total. The summed E-state index contributed by atoms with van der Waals surface area (Å²) in [7, 11) is 0. The molecule has 0 aliphatic carbocycles. The summed E-state index contributed by atoms with van der Waals surface area (Å²) in [4.78, 5) is 0. The third-order valence-electron chi connectivity index (χ3n) is 3.27. The van der Waals surface area contributed by atoms with Crippen LogP contribution in [0.1, 0.15) is 30.5 Å². The minimum absolute atomic E-state index is 0.225. The van der Waals surface area contributed by atoms with Crippen LogP contribution in [-0.2, 0) is 0 Å². The second-order valence-corrected chi connectivity index (χ2v) is 6.72. The highest BCUT2D eigenvalue weighted by Crippen LogP contribution is 2.29. The molecule has 1 nitrogen and oxygen atoms in total. The van der Waals surface area contributed by atoms with Crippen LogP contribution in [0.5, 0.6) is 0 Å². The number of hydrogen-bond donors (Lipinski definition) is 1. The number of nitrogens with one attached hydrogen (secondary N) is 1. The van der Waals surface area contributed by atoms with Crippen molar-refractivity contribution in [2.24, 2.45) is 0 Å². The van der Waals surface area contributed by atoms with Gasteiger partial charge in [-0.15, -0.1) is 0 Å². The summed E-state index contributed by atoms with van der Waals surface area (Å²) < 4.78 is 1.26. The largest absolute Gasteiger partial charge is 0.378 e. The van der Waals surface area contributed by atoms with Gasteiger partial charge in [-0.25, -0.2) is 0 Å². The molecule has 0 heterocycles. The lowest BCUT2D eigenvalue weighted by molar-refractivity contribution is 0.749. The lowest BCUT2D eigenvalue weighted by Crippen LogP contribution is -2.09. The molecule has 0 radical (unpaired) electrons. The highest BCUT2D eigenvalue weighted by atomic mass is 127. The monoisotopic (exact) mass is 419 g/mol. The number of halogens is 3. The highest BCUT2D eigenvalue weighted by Gasteiger charge is 2.11. The minimum Gasteiger partial charge on any atom is -0.378 e. The maximum Gasteiger partial charge on any atom is 0.0595 e. The van der Waals surface area contributed by atoms with E-state index in [4.69, 9.17) is 23.2 Å². The zero-order valence-corrected chi connectivity index (χ0v) is 15.1. The van der Waals surface area contributed by atoms with Gasteiger partial charge in [0.05, 0.1) is 16.1 Å². The Balaban J connectivity index is 2.23. The van der Waals surface area contributed by atoms with Crippen LogP contribution in [0.4, 0.5) is 5.69 Å². The SMILES string of the molecule is CCC(Nc1ccc(C)c(I)c1)c1ccc(Cl)c(Cl)c1. The molecule has 2 rings (SSSR count). The minimum atomic E-state index is 0.225. The Morgan fingerprint density at radius 2 is 1.85 bits per heavy atom. The van der Waals surface area contributed by atoms with Crippen LogP contribution in [0.15, 0.2) is 36.4 Å². The van der Waals surface area contributed by atoms with Crippen molar-refractivity contribution in [3.05, 3.63) is 61.1 Å². The third kappa shape index (κ3) is 3.80. The molecule has 0 bridgehead atoms. The Bertz CT molecular complexity index is 613. The van der Waals surface area contributed by atoms with Crippen LogP contribution in [0.3, 0.4) is 0 Å². The fourth-order valence-electron chi connectivity index (χ4n) is 2.03. The van der Waals surface area contributed by atoms with E-state index in [1.165, 1.54) is 9.13 Å². The molecule has 1 unspecified atom stereocenters. The van der Waals surface area contributed by atoms with Gasteiger partial charge in [0, 0.05) is 9.26 Å². The topological polar surface area (TPSA) is 12.0 Å². The van der Waals surface area contributed by atoms with Crippen molar-refractivity contribution in [3.63, 3.8) is 0 Å². The van der Waals surface area contributed by atoms with Gasteiger partial charge in [0.1, 0.15) is 0 Å². The van der Waals surface area contributed by atoms with E-state index < -0.39 is 0 Å². The van der Waals surface area contributed by atoms with E-state index in [1.807, 2.05) is 18.2 Å². The molecule has 0 spiro atoms. The number of anilines is 1. The zero-order valence-electron chi connectivity index (χ0n) is 11.4. The molecule has 0 saturated heterocycles. The van der Waals surface area contributed by atoms with Gasteiger partial charge >= 0.3 is 0 Å².